The van der Waals surface area contributed by atoms with Crippen molar-refractivity contribution in [3.63, 3.8) is 0 Å². The smallest absolute Gasteiger partial charge is 0.244 e. The van der Waals surface area contributed by atoms with Crippen LogP contribution in [0.2, 0.25) is 5.02 Å². The van der Waals surface area contributed by atoms with Crippen LogP contribution >= 0.6 is 27.5 Å². The Labute approximate surface area is 267 Å². The lowest BCUT2D eigenvalue weighted by atomic mass is 9.94. The number of amides is 2. The highest BCUT2D eigenvalue weighted by molar-refractivity contribution is 9.10. The maximum Gasteiger partial charge on any atom is 0.244 e. The zero-order chi connectivity index (χ0) is 31.0. The number of ether oxygens (including phenoxy) is 1. The van der Waals surface area contributed by atoms with Crippen molar-refractivity contribution in [2.75, 3.05) is 24.2 Å². The predicted octanol–water partition coefficient (Wildman–Crippen LogP) is 5.97. The molecule has 0 radical (unpaired) electrons. The van der Waals surface area contributed by atoms with E-state index in [9.17, 15) is 18.0 Å². The summed E-state index contributed by atoms with van der Waals surface area (Å²) in [6, 6.07) is 20.7. The second kappa shape index (κ2) is 15.1. The third-order valence-corrected chi connectivity index (χ3v) is 9.56. The van der Waals surface area contributed by atoms with Crippen LogP contribution in [0.25, 0.3) is 0 Å². The van der Waals surface area contributed by atoms with E-state index < -0.39 is 28.5 Å². The number of methoxy groups -OCH3 is 1. The Morgan fingerprint density at radius 3 is 2.28 bits per heavy atom. The minimum atomic E-state index is -3.91. The van der Waals surface area contributed by atoms with Crippen LogP contribution in [-0.4, -0.2) is 57.1 Å². The van der Waals surface area contributed by atoms with Gasteiger partial charge in [0.15, 0.2) is 0 Å². The number of sulfonamides is 1. The average Bonchev–Trinajstić information content (AvgIpc) is 2.99. The van der Waals surface area contributed by atoms with E-state index in [1.165, 1.54) is 24.1 Å². The molecule has 3 aromatic carbocycles. The van der Waals surface area contributed by atoms with Crippen LogP contribution in [-0.2, 0) is 32.6 Å². The molecular formula is C32H37BrClN3O5S. The van der Waals surface area contributed by atoms with Gasteiger partial charge in [0.2, 0.25) is 21.8 Å². The lowest BCUT2D eigenvalue weighted by Crippen LogP contribution is -2.55. The monoisotopic (exact) mass is 689 g/mol. The van der Waals surface area contributed by atoms with Gasteiger partial charge in [-0.15, -0.1) is 0 Å². The maximum absolute atomic E-state index is 14.3. The standard InChI is InChI=1S/C32H37BrClN3O5S/c1-42-30-18-17-27(20-28(30)34)37(43(2,40)41)22-31(38)36(21-24-13-15-25(33)16-14-24)29(19-23-9-5-3-6-10-23)32(39)35-26-11-7-4-8-12-26/h3,5-6,9-10,13-18,20,26,29H,4,7-8,11-12,19,21-22H2,1-2H3,(H,35,39)/t29-/m1/s1. The summed E-state index contributed by atoms with van der Waals surface area (Å²) in [6.07, 6.45) is 6.33. The van der Waals surface area contributed by atoms with Crippen molar-refractivity contribution in [2.24, 2.45) is 0 Å². The van der Waals surface area contributed by atoms with Gasteiger partial charge >= 0.3 is 0 Å². The van der Waals surface area contributed by atoms with Gasteiger partial charge in [0.05, 0.1) is 24.1 Å². The highest BCUT2D eigenvalue weighted by Crippen LogP contribution is 2.30. The fourth-order valence-corrected chi connectivity index (χ4v) is 6.67. The van der Waals surface area contributed by atoms with Gasteiger partial charge in [-0.05, 0) is 54.3 Å². The third-order valence-electron chi connectivity index (χ3n) is 7.59. The largest absolute Gasteiger partial charge is 0.495 e. The van der Waals surface area contributed by atoms with E-state index in [4.69, 9.17) is 16.3 Å². The van der Waals surface area contributed by atoms with Crippen LogP contribution in [0.3, 0.4) is 0 Å². The van der Waals surface area contributed by atoms with Gasteiger partial charge in [-0.3, -0.25) is 13.9 Å². The topological polar surface area (TPSA) is 96.0 Å². The number of anilines is 1. The van der Waals surface area contributed by atoms with Crippen LogP contribution in [0.15, 0.2) is 77.3 Å². The number of hydrogen-bond acceptors (Lipinski definition) is 5. The third kappa shape index (κ3) is 9.20. The van der Waals surface area contributed by atoms with Crippen molar-refractivity contribution in [3.8, 4) is 5.75 Å². The Morgan fingerprint density at radius 1 is 1.00 bits per heavy atom. The Hall–Kier alpha value is -3.08. The van der Waals surface area contributed by atoms with Gasteiger partial charge < -0.3 is 15.0 Å². The van der Waals surface area contributed by atoms with Gasteiger partial charge in [-0.25, -0.2) is 8.42 Å². The summed E-state index contributed by atoms with van der Waals surface area (Å²) in [5.41, 5.74) is 1.91. The molecule has 0 unspecified atom stereocenters. The number of carbonyl (C=O) groups excluding carboxylic acids is 2. The minimum absolute atomic E-state index is 0.0399. The number of carbonyl (C=O) groups is 2. The fourth-order valence-electron chi connectivity index (χ4n) is 5.31. The van der Waals surface area contributed by atoms with E-state index in [0.29, 0.717) is 5.75 Å². The van der Waals surface area contributed by atoms with Gasteiger partial charge in [-0.1, -0.05) is 89.3 Å². The lowest BCUT2D eigenvalue weighted by Gasteiger charge is -2.35. The van der Waals surface area contributed by atoms with Crippen LogP contribution in [0.5, 0.6) is 5.75 Å². The Balaban J connectivity index is 1.72. The molecule has 0 aromatic heterocycles. The van der Waals surface area contributed by atoms with Gasteiger partial charge in [0.25, 0.3) is 0 Å². The normalized spacial score (nSPS) is 14.5. The summed E-state index contributed by atoms with van der Waals surface area (Å²) in [7, 11) is -2.45. The second-order valence-corrected chi connectivity index (χ2v) is 14.0. The lowest BCUT2D eigenvalue weighted by molar-refractivity contribution is -0.140. The SMILES string of the molecule is COc1ccc(N(CC(=O)N(Cc2ccc(Br)cc2)[C@H](Cc2ccccc2)C(=O)NC2CCCCC2)S(C)(=O)=O)cc1Cl. The molecule has 4 rings (SSSR count). The molecule has 1 aliphatic rings. The quantitative estimate of drug-likeness (QED) is 0.253. The first-order valence-electron chi connectivity index (χ1n) is 14.2. The van der Waals surface area contributed by atoms with Crippen LogP contribution < -0.4 is 14.4 Å². The highest BCUT2D eigenvalue weighted by Gasteiger charge is 2.34. The molecule has 0 bridgehead atoms. The van der Waals surface area contributed by atoms with Crippen LogP contribution in [0, 0.1) is 0 Å². The molecule has 0 saturated heterocycles. The molecule has 11 heteroatoms. The Bertz CT molecular complexity index is 1500. The molecule has 2 amide bonds. The molecular weight excluding hydrogens is 654 g/mol. The number of nitrogens with one attached hydrogen (secondary N) is 1. The maximum atomic E-state index is 14.3. The highest BCUT2D eigenvalue weighted by atomic mass is 79.9. The summed E-state index contributed by atoms with van der Waals surface area (Å²) in [5.74, 6) is -0.385. The van der Waals surface area contributed by atoms with E-state index in [1.807, 2.05) is 54.6 Å². The van der Waals surface area contributed by atoms with Gasteiger partial charge in [0, 0.05) is 23.5 Å². The molecule has 0 aliphatic heterocycles. The predicted molar refractivity (Wildman–Crippen MR) is 174 cm³/mol. The summed E-state index contributed by atoms with van der Waals surface area (Å²) in [4.78, 5) is 29.8. The first-order chi connectivity index (χ1) is 20.5. The minimum Gasteiger partial charge on any atom is -0.495 e. The molecule has 0 spiro atoms. The van der Waals surface area contributed by atoms with Crippen LogP contribution in [0.1, 0.15) is 43.2 Å². The molecule has 1 N–H and O–H groups in total. The molecule has 230 valence electrons. The van der Waals surface area contributed by atoms with Crippen LogP contribution in [0.4, 0.5) is 5.69 Å². The van der Waals surface area contributed by atoms with Crippen molar-refractivity contribution in [1.82, 2.24) is 10.2 Å². The van der Waals surface area contributed by atoms with E-state index >= 15 is 0 Å². The summed E-state index contributed by atoms with van der Waals surface area (Å²) < 4.78 is 33.1. The first-order valence-corrected chi connectivity index (χ1v) is 17.3. The van der Waals surface area contributed by atoms with E-state index in [2.05, 4.69) is 21.2 Å². The number of rotatable bonds is 12. The van der Waals surface area contributed by atoms with Gasteiger partial charge in [0.1, 0.15) is 18.3 Å². The molecule has 8 nitrogen and oxygen atoms in total. The average molecular weight is 691 g/mol. The number of halogens is 2. The number of hydrogen-bond donors (Lipinski definition) is 1. The van der Waals surface area contributed by atoms with Crippen molar-refractivity contribution >= 4 is 55.1 Å². The van der Waals surface area contributed by atoms with E-state index in [1.54, 1.807) is 6.07 Å². The summed E-state index contributed by atoms with van der Waals surface area (Å²) in [6.45, 7) is -0.400. The summed E-state index contributed by atoms with van der Waals surface area (Å²) >= 11 is 9.77. The second-order valence-electron chi connectivity index (χ2n) is 10.8. The number of benzene rings is 3. The van der Waals surface area contributed by atoms with Crippen molar-refractivity contribution in [2.45, 2.75) is 57.2 Å². The Kier molecular flexibility index (Phi) is 11.5. The fraction of sp³-hybridized carbons (Fsp3) is 0.375. The Morgan fingerprint density at radius 2 is 1.67 bits per heavy atom. The van der Waals surface area contributed by atoms with Crippen molar-refractivity contribution in [3.05, 3.63) is 93.4 Å². The van der Waals surface area contributed by atoms with Crippen molar-refractivity contribution in [1.29, 1.82) is 0 Å². The number of nitrogens with zero attached hydrogens (tertiary/aromatic N) is 2. The van der Waals surface area contributed by atoms with E-state index in [0.717, 1.165) is 58.3 Å². The molecule has 0 heterocycles. The molecule has 1 atom stereocenters. The van der Waals surface area contributed by atoms with Gasteiger partial charge in [-0.2, -0.15) is 0 Å². The molecule has 3 aromatic rings. The molecule has 1 saturated carbocycles. The molecule has 1 aliphatic carbocycles. The van der Waals surface area contributed by atoms with Crippen molar-refractivity contribution < 1.29 is 22.7 Å². The zero-order valence-electron chi connectivity index (χ0n) is 24.3. The zero-order valence-corrected chi connectivity index (χ0v) is 27.5. The first kappa shape index (κ1) is 32.8. The molecule has 43 heavy (non-hydrogen) atoms. The van der Waals surface area contributed by atoms with E-state index in [-0.39, 0.29) is 35.6 Å². The summed E-state index contributed by atoms with van der Waals surface area (Å²) in [5, 5.41) is 3.41. The molecule has 1 fully saturated rings.